The lowest BCUT2D eigenvalue weighted by Crippen LogP contribution is -2.23. The lowest BCUT2D eigenvalue weighted by atomic mass is 10.0. The molecule has 0 fully saturated rings. The maximum absolute atomic E-state index is 13.1. The average Bonchev–Trinajstić information content (AvgIpc) is 2.47. The fourth-order valence-corrected chi connectivity index (χ4v) is 2.96. The fraction of sp³-hybridized carbons (Fsp3) is 0.188. The van der Waals surface area contributed by atoms with Gasteiger partial charge in [-0.3, -0.25) is 4.79 Å². The molecule has 0 saturated heterocycles. The number of benzene rings is 2. The first-order chi connectivity index (χ1) is 10.1. The summed E-state index contributed by atoms with van der Waals surface area (Å²) in [5, 5.41) is 6.16. The number of amides is 1. The van der Waals surface area contributed by atoms with Crippen LogP contribution in [0.25, 0.3) is 0 Å². The summed E-state index contributed by atoms with van der Waals surface area (Å²) in [6.07, 6.45) is 1.01. The molecule has 1 aliphatic heterocycles. The molecule has 1 heterocycles. The Kier molecular flexibility index (Phi) is 4.03. The number of carbonyl (C=O) groups is 1. The third kappa shape index (κ3) is 3.14. The van der Waals surface area contributed by atoms with E-state index in [9.17, 15) is 9.18 Å². The number of fused-ring (bicyclic) bond motifs is 1. The van der Waals surface area contributed by atoms with E-state index in [-0.39, 0.29) is 11.7 Å². The van der Waals surface area contributed by atoms with E-state index < -0.39 is 0 Å². The van der Waals surface area contributed by atoms with Gasteiger partial charge in [-0.2, -0.15) is 0 Å². The van der Waals surface area contributed by atoms with Gasteiger partial charge in [0.2, 0.25) is 0 Å². The van der Waals surface area contributed by atoms with Gasteiger partial charge < -0.3 is 10.6 Å². The van der Waals surface area contributed by atoms with E-state index in [1.54, 1.807) is 0 Å². The first-order valence-corrected chi connectivity index (χ1v) is 7.52. The predicted octanol–water partition coefficient (Wildman–Crippen LogP) is 3.49. The molecular formula is C16H14BrFN2O. The SMILES string of the molecule is O=C(Nc1ccc2c(c1)CNCC2)c1ccc(F)cc1Br. The molecule has 0 spiro atoms. The van der Waals surface area contributed by atoms with Crippen LogP contribution in [0.1, 0.15) is 21.5 Å². The third-order valence-corrected chi connectivity index (χ3v) is 4.18. The number of rotatable bonds is 2. The van der Waals surface area contributed by atoms with Crippen molar-refractivity contribution in [2.24, 2.45) is 0 Å². The lowest BCUT2D eigenvalue weighted by molar-refractivity contribution is 0.102. The maximum Gasteiger partial charge on any atom is 0.256 e. The van der Waals surface area contributed by atoms with Crippen molar-refractivity contribution in [1.82, 2.24) is 5.32 Å². The Morgan fingerprint density at radius 3 is 2.86 bits per heavy atom. The van der Waals surface area contributed by atoms with Crippen molar-refractivity contribution >= 4 is 27.5 Å². The molecule has 108 valence electrons. The highest BCUT2D eigenvalue weighted by Gasteiger charge is 2.13. The molecule has 1 aliphatic rings. The van der Waals surface area contributed by atoms with E-state index in [0.29, 0.717) is 10.0 Å². The van der Waals surface area contributed by atoms with Gasteiger partial charge in [-0.1, -0.05) is 6.07 Å². The van der Waals surface area contributed by atoms with Crippen LogP contribution in [0.15, 0.2) is 40.9 Å². The molecule has 0 radical (unpaired) electrons. The van der Waals surface area contributed by atoms with Gasteiger partial charge in [-0.25, -0.2) is 4.39 Å². The van der Waals surface area contributed by atoms with E-state index in [2.05, 4.69) is 26.6 Å². The summed E-state index contributed by atoms with van der Waals surface area (Å²) in [6.45, 7) is 1.81. The Labute approximate surface area is 130 Å². The summed E-state index contributed by atoms with van der Waals surface area (Å²) in [4.78, 5) is 12.2. The zero-order chi connectivity index (χ0) is 14.8. The predicted molar refractivity (Wildman–Crippen MR) is 83.9 cm³/mol. The highest BCUT2D eigenvalue weighted by molar-refractivity contribution is 9.10. The quantitative estimate of drug-likeness (QED) is 0.872. The number of carbonyl (C=O) groups excluding carboxylic acids is 1. The highest BCUT2D eigenvalue weighted by atomic mass is 79.9. The van der Waals surface area contributed by atoms with Crippen LogP contribution < -0.4 is 10.6 Å². The molecule has 21 heavy (non-hydrogen) atoms. The Morgan fingerprint density at radius 2 is 2.05 bits per heavy atom. The summed E-state index contributed by atoms with van der Waals surface area (Å²) >= 11 is 3.21. The molecule has 0 saturated carbocycles. The van der Waals surface area contributed by atoms with Gasteiger partial charge in [0, 0.05) is 16.7 Å². The van der Waals surface area contributed by atoms with Gasteiger partial charge in [-0.15, -0.1) is 0 Å². The molecule has 5 heteroatoms. The summed E-state index contributed by atoms with van der Waals surface area (Å²) in [6, 6.07) is 9.96. The van der Waals surface area contributed by atoms with Crippen LogP contribution in [-0.4, -0.2) is 12.5 Å². The normalized spacial score (nSPS) is 13.6. The van der Waals surface area contributed by atoms with Crippen molar-refractivity contribution in [2.45, 2.75) is 13.0 Å². The maximum atomic E-state index is 13.1. The number of hydrogen-bond donors (Lipinski definition) is 2. The molecule has 3 rings (SSSR count). The average molecular weight is 349 g/mol. The fourth-order valence-electron chi connectivity index (χ4n) is 2.43. The van der Waals surface area contributed by atoms with Crippen molar-refractivity contribution in [3.63, 3.8) is 0 Å². The largest absolute Gasteiger partial charge is 0.322 e. The second-order valence-electron chi connectivity index (χ2n) is 4.99. The van der Waals surface area contributed by atoms with Crippen LogP contribution in [0.5, 0.6) is 0 Å². The molecule has 2 aromatic carbocycles. The zero-order valence-corrected chi connectivity index (χ0v) is 12.8. The van der Waals surface area contributed by atoms with Crippen molar-refractivity contribution in [2.75, 3.05) is 11.9 Å². The third-order valence-electron chi connectivity index (χ3n) is 3.53. The topological polar surface area (TPSA) is 41.1 Å². The van der Waals surface area contributed by atoms with E-state index in [1.165, 1.54) is 29.3 Å². The minimum Gasteiger partial charge on any atom is -0.322 e. The van der Waals surface area contributed by atoms with E-state index in [1.807, 2.05) is 18.2 Å². The minimum absolute atomic E-state index is 0.259. The number of hydrogen-bond acceptors (Lipinski definition) is 2. The van der Waals surface area contributed by atoms with Crippen LogP contribution in [0.3, 0.4) is 0 Å². The molecule has 2 aromatic rings. The molecule has 0 unspecified atom stereocenters. The van der Waals surface area contributed by atoms with Crippen LogP contribution >= 0.6 is 15.9 Å². The Hall–Kier alpha value is -1.72. The molecular weight excluding hydrogens is 335 g/mol. The number of halogens is 2. The molecule has 1 amide bonds. The van der Waals surface area contributed by atoms with Gasteiger partial charge in [0.05, 0.1) is 5.56 Å². The molecule has 0 atom stereocenters. The van der Waals surface area contributed by atoms with Gasteiger partial charge in [-0.05, 0) is 70.4 Å². The van der Waals surface area contributed by atoms with Crippen LogP contribution in [-0.2, 0) is 13.0 Å². The molecule has 3 nitrogen and oxygen atoms in total. The van der Waals surface area contributed by atoms with Crippen LogP contribution in [0.4, 0.5) is 10.1 Å². The summed E-state index contributed by atoms with van der Waals surface area (Å²) < 4.78 is 13.5. The standard InChI is InChI=1S/C16H14BrFN2O/c17-15-8-12(18)2-4-14(15)16(21)20-13-3-1-10-5-6-19-9-11(10)7-13/h1-4,7-8,19H,5-6,9H2,(H,20,21). The molecule has 0 bridgehead atoms. The summed E-state index contributed by atoms with van der Waals surface area (Å²) in [5.74, 6) is -0.635. The van der Waals surface area contributed by atoms with Crippen LogP contribution in [0, 0.1) is 5.82 Å². The van der Waals surface area contributed by atoms with Crippen molar-refractivity contribution in [3.8, 4) is 0 Å². The number of anilines is 1. The second-order valence-corrected chi connectivity index (χ2v) is 5.84. The van der Waals surface area contributed by atoms with Gasteiger partial charge in [0.1, 0.15) is 5.82 Å². The van der Waals surface area contributed by atoms with Gasteiger partial charge in [0.15, 0.2) is 0 Å². The second kappa shape index (κ2) is 5.95. The molecule has 0 aromatic heterocycles. The van der Waals surface area contributed by atoms with Gasteiger partial charge in [0.25, 0.3) is 5.91 Å². The first kappa shape index (κ1) is 14.2. The van der Waals surface area contributed by atoms with E-state index in [0.717, 1.165) is 25.2 Å². The first-order valence-electron chi connectivity index (χ1n) is 6.72. The Balaban J connectivity index is 1.81. The van der Waals surface area contributed by atoms with Crippen LogP contribution in [0.2, 0.25) is 0 Å². The Morgan fingerprint density at radius 1 is 1.19 bits per heavy atom. The lowest BCUT2D eigenvalue weighted by Gasteiger charge is -2.18. The van der Waals surface area contributed by atoms with E-state index in [4.69, 9.17) is 0 Å². The number of nitrogens with one attached hydrogen (secondary N) is 2. The zero-order valence-electron chi connectivity index (χ0n) is 11.2. The smallest absolute Gasteiger partial charge is 0.256 e. The van der Waals surface area contributed by atoms with Crippen molar-refractivity contribution in [1.29, 1.82) is 0 Å². The Bertz CT molecular complexity index is 703. The van der Waals surface area contributed by atoms with Crippen molar-refractivity contribution < 1.29 is 9.18 Å². The summed E-state index contributed by atoms with van der Waals surface area (Å²) in [5.41, 5.74) is 3.68. The molecule has 2 N–H and O–H groups in total. The minimum atomic E-state index is -0.377. The summed E-state index contributed by atoms with van der Waals surface area (Å²) in [7, 11) is 0. The monoisotopic (exact) mass is 348 g/mol. The van der Waals surface area contributed by atoms with E-state index >= 15 is 0 Å². The highest BCUT2D eigenvalue weighted by Crippen LogP contribution is 2.22. The molecule has 0 aliphatic carbocycles. The van der Waals surface area contributed by atoms with Gasteiger partial charge >= 0.3 is 0 Å². The van der Waals surface area contributed by atoms with Crippen molar-refractivity contribution in [3.05, 3.63) is 63.4 Å².